The van der Waals surface area contributed by atoms with Gasteiger partial charge in [-0.3, -0.25) is 4.79 Å². The molecule has 0 amide bonds. The Hall–Kier alpha value is -3.18. The number of rotatable bonds is 5. The Balaban J connectivity index is 1.71. The van der Waals surface area contributed by atoms with E-state index in [0.29, 0.717) is 22.7 Å². The second-order valence-corrected chi connectivity index (χ2v) is 7.69. The van der Waals surface area contributed by atoms with E-state index in [1.165, 1.54) is 12.1 Å². The highest BCUT2D eigenvalue weighted by molar-refractivity contribution is 6.35. The molecule has 1 N–H and O–H groups in total. The average molecular weight is 422 g/mol. The lowest BCUT2D eigenvalue weighted by Gasteiger charge is -2.12. The molecule has 2 heterocycles. The third-order valence-electron chi connectivity index (χ3n) is 5.59. The topological polar surface area (TPSA) is 46.9 Å². The highest BCUT2D eigenvalue weighted by atomic mass is 35.5. The molecular weight excluding hydrogens is 401 g/mol. The van der Waals surface area contributed by atoms with E-state index in [-0.39, 0.29) is 11.3 Å². The first-order chi connectivity index (χ1) is 14.4. The number of benzene rings is 2. The van der Waals surface area contributed by atoms with E-state index in [1.54, 1.807) is 36.5 Å². The zero-order valence-electron chi connectivity index (χ0n) is 17.0. The van der Waals surface area contributed by atoms with Gasteiger partial charge in [0.1, 0.15) is 11.6 Å². The number of halogens is 2. The van der Waals surface area contributed by atoms with Crippen LogP contribution in [0.25, 0.3) is 10.9 Å². The van der Waals surface area contributed by atoms with E-state index in [1.807, 2.05) is 13.1 Å². The molecular formula is C24H21ClFN3O. The van der Waals surface area contributed by atoms with Crippen LogP contribution in [0.5, 0.6) is 0 Å². The minimum absolute atomic E-state index is 0.281. The third kappa shape index (κ3) is 3.46. The van der Waals surface area contributed by atoms with Gasteiger partial charge in [0.25, 0.3) is 0 Å². The van der Waals surface area contributed by atoms with Crippen LogP contribution in [-0.4, -0.2) is 15.3 Å². The summed E-state index contributed by atoms with van der Waals surface area (Å²) in [6.45, 7) is 4.46. The molecule has 0 aliphatic heterocycles. The number of hydrogen-bond acceptors (Lipinski definition) is 3. The molecule has 4 rings (SSSR count). The van der Waals surface area contributed by atoms with Gasteiger partial charge in [-0.25, -0.2) is 9.37 Å². The van der Waals surface area contributed by atoms with Crippen molar-refractivity contribution in [3.8, 4) is 0 Å². The van der Waals surface area contributed by atoms with Crippen molar-refractivity contribution in [3.63, 3.8) is 0 Å². The highest BCUT2D eigenvalue weighted by Crippen LogP contribution is 2.30. The first-order valence-corrected chi connectivity index (χ1v) is 9.98. The van der Waals surface area contributed by atoms with Gasteiger partial charge in [0.15, 0.2) is 5.78 Å². The highest BCUT2D eigenvalue weighted by Gasteiger charge is 2.18. The fourth-order valence-corrected chi connectivity index (χ4v) is 3.95. The lowest BCUT2D eigenvalue weighted by molar-refractivity contribution is 0.103. The normalized spacial score (nSPS) is 11.1. The van der Waals surface area contributed by atoms with Gasteiger partial charge in [0.2, 0.25) is 0 Å². The van der Waals surface area contributed by atoms with Crippen LogP contribution in [0.1, 0.15) is 32.7 Å². The fraction of sp³-hybridized carbons (Fsp3) is 0.167. The molecule has 2 aromatic carbocycles. The number of aryl methyl sites for hydroxylation is 2. The maximum Gasteiger partial charge on any atom is 0.194 e. The van der Waals surface area contributed by atoms with Gasteiger partial charge in [-0.15, -0.1) is 0 Å². The summed E-state index contributed by atoms with van der Waals surface area (Å²) in [7, 11) is 2.02. The van der Waals surface area contributed by atoms with Crippen LogP contribution >= 0.6 is 11.6 Å². The molecule has 0 unspecified atom stereocenters. The summed E-state index contributed by atoms with van der Waals surface area (Å²) in [4.78, 5) is 17.6. The summed E-state index contributed by atoms with van der Waals surface area (Å²) in [5, 5.41) is 4.71. The SMILES string of the molecule is Cc1c(C)n(C)c2ccnc(NCc3ccc(F)cc3C(=O)c3ccccc3Cl)c12. The van der Waals surface area contributed by atoms with Crippen molar-refractivity contribution >= 4 is 34.1 Å². The van der Waals surface area contributed by atoms with Crippen molar-refractivity contribution in [2.24, 2.45) is 7.05 Å². The number of pyridine rings is 1. The second-order valence-electron chi connectivity index (χ2n) is 7.29. The molecule has 0 saturated heterocycles. The van der Waals surface area contributed by atoms with E-state index in [9.17, 15) is 9.18 Å². The zero-order valence-corrected chi connectivity index (χ0v) is 17.7. The van der Waals surface area contributed by atoms with Gasteiger partial charge in [0.05, 0.1) is 10.5 Å². The molecule has 0 spiro atoms. The van der Waals surface area contributed by atoms with Crippen molar-refractivity contribution < 1.29 is 9.18 Å². The zero-order chi connectivity index (χ0) is 21.4. The van der Waals surface area contributed by atoms with E-state index in [4.69, 9.17) is 11.6 Å². The third-order valence-corrected chi connectivity index (χ3v) is 5.92. The molecule has 0 aliphatic carbocycles. The first-order valence-electron chi connectivity index (χ1n) is 9.60. The Morgan fingerprint density at radius 3 is 2.67 bits per heavy atom. The van der Waals surface area contributed by atoms with Crippen LogP contribution < -0.4 is 5.32 Å². The Bertz CT molecular complexity index is 1280. The van der Waals surface area contributed by atoms with Gasteiger partial charge < -0.3 is 9.88 Å². The maximum atomic E-state index is 14.0. The number of anilines is 1. The average Bonchev–Trinajstić information content (AvgIpc) is 2.97. The predicted molar refractivity (Wildman–Crippen MR) is 119 cm³/mol. The Morgan fingerprint density at radius 2 is 1.90 bits per heavy atom. The standard InChI is InChI=1S/C24H21ClFN3O/c1-14-15(2)29(3)21-10-11-27-24(22(14)21)28-13-16-8-9-17(26)12-19(16)23(30)18-6-4-5-7-20(18)25/h4-12H,13H2,1-3H3,(H,27,28). The number of carbonyl (C=O) groups is 1. The number of fused-ring (bicyclic) bond motifs is 1. The largest absolute Gasteiger partial charge is 0.365 e. The number of hydrogen-bond donors (Lipinski definition) is 1. The van der Waals surface area contributed by atoms with E-state index in [2.05, 4.69) is 28.7 Å². The molecule has 6 heteroatoms. The van der Waals surface area contributed by atoms with Crippen LogP contribution in [-0.2, 0) is 13.6 Å². The Morgan fingerprint density at radius 1 is 1.13 bits per heavy atom. The van der Waals surface area contributed by atoms with Crippen LogP contribution in [0.3, 0.4) is 0 Å². The maximum absolute atomic E-state index is 14.0. The fourth-order valence-electron chi connectivity index (χ4n) is 3.73. The summed E-state index contributed by atoms with van der Waals surface area (Å²) in [5.74, 6) is -0.0483. The molecule has 0 saturated carbocycles. The molecule has 4 aromatic rings. The van der Waals surface area contributed by atoms with Crippen LogP contribution in [0.15, 0.2) is 54.7 Å². The quantitative estimate of drug-likeness (QED) is 0.412. The monoisotopic (exact) mass is 421 g/mol. The van der Waals surface area contributed by atoms with Crippen molar-refractivity contribution in [2.45, 2.75) is 20.4 Å². The number of carbonyl (C=O) groups excluding carboxylic acids is 1. The molecule has 0 atom stereocenters. The Labute approximate surface area is 179 Å². The van der Waals surface area contributed by atoms with Crippen molar-refractivity contribution in [1.29, 1.82) is 0 Å². The minimum atomic E-state index is -0.469. The molecule has 0 aliphatic rings. The molecule has 152 valence electrons. The number of nitrogens with one attached hydrogen (secondary N) is 1. The second kappa shape index (κ2) is 7.92. The van der Waals surface area contributed by atoms with Gasteiger partial charge in [0, 0.05) is 42.0 Å². The van der Waals surface area contributed by atoms with E-state index >= 15 is 0 Å². The van der Waals surface area contributed by atoms with Gasteiger partial charge in [-0.1, -0.05) is 29.8 Å². The summed E-state index contributed by atoms with van der Waals surface area (Å²) in [6.07, 6.45) is 1.75. The Kier molecular flexibility index (Phi) is 5.31. The van der Waals surface area contributed by atoms with Gasteiger partial charge >= 0.3 is 0 Å². The molecule has 2 aromatic heterocycles. The summed E-state index contributed by atoms with van der Waals surface area (Å²) in [6, 6.07) is 13.0. The molecule has 0 radical (unpaired) electrons. The molecule has 30 heavy (non-hydrogen) atoms. The number of ketones is 1. The summed E-state index contributed by atoms with van der Waals surface area (Å²) >= 11 is 6.19. The van der Waals surface area contributed by atoms with Crippen molar-refractivity contribution in [2.75, 3.05) is 5.32 Å². The van der Waals surface area contributed by atoms with Gasteiger partial charge in [-0.2, -0.15) is 0 Å². The van der Waals surface area contributed by atoms with Crippen LogP contribution in [0.2, 0.25) is 5.02 Å². The molecule has 0 bridgehead atoms. The van der Waals surface area contributed by atoms with Crippen molar-refractivity contribution in [3.05, 3.63) is 93.5 Å². The van der Waals surface area contributed by atoms with E-state index in [0.717, 1.165) is 28.0 Å². The van der Waals surface area contributed by atoms with Gasteiger partial charge in [-0.05, 0) is 55.3 Å². The smallest absolute Gasteiger partial charge is 0.194 e. The predicted octanol–water partition coefficient (Wildman–Crippen LogP) is 5.83. The minimum Gasteiger partial charge on any atom is -0.365 e. The summed E-state index contributed by atoms with van der Waals surface area (Å²) in [5.41, 5.74) is 4.69. The molecule has 4 nitrogen and oxygen atoms in total. The molecule has 0 fully saturated rings. The lowest BCUT2D eigenvalue weighted by Crippen LogP contribution is -2.11. The first kappa shape index (κ1) is 20.1. The van der Waals surface area contributed by atoms with Crippen molar-refractivity contribution in [1.82, 2.24) is 9.55 Å². The number of nitrogens with zero attached hydrogens (tertiary/aromatic N) is 2. The van der Waals surface area contributed by atoms with Crippen LogP contribution in [0.4, 0.5) is 10.2 Å². The lowest BCUT2D eigenvalue weighted by atomic mass is 9.98. The van der Waals surface area contributed by atoms with E-state index < -0.39 is 5.82 Å². The number of aromatic nitrogens is 2. The summed E-state index contributed by atoms with van der Waals surface area (Å²) < 4.78 is 16.1. The van der Waals surface area contributed by atoms with Crippen LogP contribution in [0, 0.1) is 19.7 Å².